The van der Waals surface area contributed by atoms with Gasteiger partial charge in [-0.3, -0.25) is 0 Å². The summed E-state index contributed by atoms with van der Waals surface area (Å²) < 4.78 is 0. The molecule has 19 heavy (non-hydrogen) atoms. The maximum absolute atomic E-state index is 6.37. The minimum Gasteiger partial charge on any atom is -0.323 e. The molecular formula is C17H26N2. The van der Waals surface area contributed by atoms with E-state index in [9.17, 15) is 0 Å². The molecule has 2 fully saturated rings. The Labute approximate surface area is 116 Å². The molecule has 1 saturated carbocycles. The normalized spacial score (nSPS) is 26.5. The van der Waals surface area contributed by atoms with Crippen LogP contribution < -0.4 is 11.1 Å². The molecule has 0 spiro atoms. The topological polar surface area (TPSA) is 38.0 Å². The van der Waals surface area contributed by atoms with E-state index in [4.69, 9.17) is 5.73 Å². The zero-order valence-corrected chi connectivity index (χ0v) is 11.8. The molecule has 2 heteroatoms. The first-order chi connectivity index (χ1) is 9.34. The van der Waals surface area contributed by atoms with Crippen LogP contribution in [0, 0.1) is 0 Å². The molecule has 0 amide bonds. The number of hydrogen-bond donors (Lipinski definition) is 2. The lowest BCUT2D eigenvalue weighted by Gasteiger charge is -2.23. The van der Waals surface area contributed by atoms with Gasteiger partial charge in [0.05, 0.1) is 0 Å². The summed E-state index contributed by atoms with van der Waals surface area (Å²) in [6.07, 6.45) is 9.44. The van der Waals surface area contributed by atoms with E-state index in [0.717, 1.165) is 12.5 Å². The van der Waals surface area contributed by atoms with Gasteiger partial charge < -0.3 is 11.1 Å². The van der Waals surface area contributed by atoms with E-state index in [1.165, 1.54) is 56.1 Å². The van der Waals surface area contributed by atoms with Crippen molar-refractivity contribution in [1.82, 2.24) is 5.32 Å². The zero-order chi connectivity index (χ0) is 13.1. The second kappa shape index (κ2) is 6.06. The predicted molar refractivity (Wildman–Crippen MR) is 80.2 cm³/mol. The van der Waals surface area contributed by atoms with Crippen molar-refractivity contribution in [3.05, 3.63) is 35.4 Å². The smallest absolute Gasteiger partial charge is 0.0450 e. The van der Waals surface area contributed by atoms with Gasteiger partial charge in [0.1, 0.15) is 0 Å². The van der Waals surface area contributed by atoms with Crippen molar-refractivity contribution in [2.75, 3.05) is 6.54 Å². The van der Waals surface area contributed by atoms with Crippen LogP contribution in [0.25, 0.3) is 0 Å². The number of nitrogens with two attached hydrogens (primary N) is 1. The lowest BCUT2D eigenvalue weighted by Crippen LogP contribution is -2.34. The van der Waals surface area contributed by atoms with Gasteiger partial charge in [0.25, 0.3) is 0 Å². The minimum atomic E-state index is 0.155. The molecule has 1 aromatic rings. The SMILES string of the molecule is NC(c1ccc(C2CCCCC2)cc1)C1CCCN1. The highest BCUT2D eigenvalue weighted by Gasteiger charge is 2.23. The summed E-state index contributed by atoms with van der Waals surface area (Å²) >= 11 is 0. The largest absolute Gasteiger partial charge is 0.323 e. The van der Waals surface area contributed by atoms with Gasteiger partial charge in [-0.15, -0.1) is 0 Å². The van der Waals surface area contributed by atoms with Crippen molar-refractivity contribution in [1.29, 1.82) is 0 Å². The zero-order valence-electron chi connectivity index (χ0n) is 11.8. The Balaban J connectivity index is 1.67. The molecule has 1 saturated heterocycles. The third-order valence-electron chi connectivity index (χ3n) is 4.93. The second-order valence-electron chi connectivity index (χ2n) is 6.23. The van der Waals surface area contributed by atoms with E-state index in [1.807, 2.05) is 0 Å². The minimum absolute atomic E-state index is 0.155. The Hall–Kier alpha value is -0.860. The van der Waals surface area contributed by atoms with Crippen LogP contribution in [-0.4, -0.2) is 12.6 Å². The Morgan fingerprint density at radius 3 is 2.32 bits per heavy atom. The fourth-order valence-electron chi connectivity index (χ4n) is 3.68. The molecule has 2 aliphatic rings. The fraction of sp³-hybridized carbons (Fsp3) is 0.647. The number of rotatable bonds is 3. The molecule has 2 nitrogen and oxygen atoms in total. The van der Waals surface area contributed by atoms with E-state index in [-0.39, 0.29) is 6.04 Å². The van der Waals surface area contributed by atoms with Crippen molar-refractivity contribution in [3.8, 4) is 0 Å². The molecule has 0 radical (unpaired) electrons. The maximum Gasteiger partial charge on any atom is 0.0450 e. The summed E-state index contributed by atoms with van der Waals surface area (Å²) in [5.41, 5.74) is 9.18. The van der Waals surface area contributed by atoms with Crippen molar-refractivity contribution in [3.63, 3.8) is 0 Å². The number of benzene rings is 1. The molecule has 1 aliphatic carbocycles. The molecule has 3 N–H and O–H groups in total. The van der Waals surface area contributed by atoms with E-state index >= 15 is 0 Å². The third kappa shape index (κ3) is 3.01. The van der Waals surface area contributed by atoms with Gasteiger partial charge in [-0.1, -0.05) is 43.5 Å². The Morgan fingerprint density at radius 1 is 0.947 bits per heavy atom. The van der Waals surface area contributed by atoms with Gasteiger partial charge in [0.2, 0.25) is 0 Å². The van der Waals surface area contributed by atoms with Gasteiger partial charge in [0, 0.05) is 12.1 Å². The van der Waals surface area contributed by atoms with Crippen molar-refractivity contribution in [2.45, 2.75) is 62.9 Å². The first-order valence-electron chi connectivity index (χ1n) is 7.93. The van der Waals surface area contributed by atoms with Crippen LogP contribution in [0.2, 0.25) is 0 Å². The molecular weight excluding hydrogens is 232 g/mol. The molecule has 1 aliphatic heterocycles. The maximum atomic E-state index is 6.37. The van der Waals surface area contributed by atoms with Crippen molar-refractivity contribution < 1.29 is 0 Å². The first-order valence-corrected chi connectivity index (χ1v) is 7.93. The van der Waals surface area contributed by atoms with Crippen LogP contribution in [0.15, 0.2) is 24.3 Å². The van der Waals surface area contributed by atoms with Gasteiger partial charge in [0.15, 0.2) is 0 Å². The summed E-state index contributed by atoms with van der Waals surface area (Å²) in [5, 5.41) is 3.51. The quantitative estimate of drug-likeness (QED) is 0.871. The monoisotopic (exact) mass is 258 g/mol. The molecule has 2 atom stereocenters. The van der Waals surface area contributed by atoms with E-state index in [2.05, 4.69) is 29.6 Å². The second-order valence-corrected chi connectivity index (χ2v) is 6.23. The van der Waals surface area contributed by atoms with Crippen molar-refractivity contribution >= 4 is 0 Å². The van der Waals surface area contributed by atoms with Gasteiger partial charge in [-0.2, -0.15) is 0 Å². The number of nitrogens with one attached hydrogen (secondary N) is 1. The van der Waals surface area contributed by atoms with E-state index in [1.54, 1.807) is 0 Å². The molecule has 1 aromatic carbocycles. The van der Waals surface area contributed by atoms with E-state index < -0.39 is 0 Å². The van der Waals surface area contributed by atoms with Gasteiger partial charge in [-0.05, 0) is 49.3 Å². The average molecular weight is 258 g/mol. The standard InChI is InChI=1S/C17H26N2/c18-17(16-7-4-12-19-16)15-10-8-14(9-11-15)13-5-2-1-3-6-13/h8-11,13,16-17,19H,1-7,12,18H2. The third-order valence-corrected chi connectivity index (χ3v) is 4.93. The lowest BCUT2D eigenvalue weighted by atomic mass is 9.83. The highest BCUT2D eigenvalue weighted by molar-refractivity contribution is 5.28. The van der Waals surface area contributed by atoms with Crippen LogP contribution in [-0.2, 0) is 0 Å². The molecule has 104 valence electrons. The highest BCUT2D eigenvalue weighted by atomic mass is 15.0. The number of hydrogen-bond acceptors (Lipinski definition) is 2. The summed E-state index contributed by atoms with van der Waals surface area (Å²) in [6.45, 7) is 1.12. The Morgan fingerprint density at radius 2 is 1.68 bits per heavy atom. The molecule has 0 aromatic heterocycles. The van der Waals surface area contributed by atoms with E-state index in [0.29, 0.717) is 6.04 Å². The van der Waals surface area contributed by atoms with Crippen LogP contribution in [0.1, 0.15) is 68.0 Å². The summed E-state index contributed by atoms with van der Waals surface area (Å²) in [4.78, 5) is 0. The van der Waals surface area contributed by atoms with Gasteiger partial charge in [-0.25, -0.2) is 0 Å². The molecule has 2 unspecified atom stereocenters. The summed E-state index contributed by atoms with van der Waals surface area (Å²) in [5.74, 6) is 0.795. The summed E-state index contributed by atoms with van der Waals surface area (Å²) in [6, 6.07) is 9.78. The first kappa shape index (κ1) is 13.1. The molecule has 0 bridgehead atoms. The van der Waals surface area contributed by atoms with Crippen LogP contribution in [0.5, 0.6) is 0 Å². The van der Waals surface area contributed by atoms with Crippen LogP contribution >= 0.6 is 0 Å². The van der Waals surface area contributed by atoms with Crippen LogP contribution in [0.4, 0.5) is 0 Å². The lowest BCUT2D eigenvalue weighted by molar-refractivity contribution is 0.443. The molecule has 1 heterocycles. The predicted octanol–water partition coefficient (Wildman–Crippen LogP) is 3.49. The highest BCUT2D eigenvalue weighted by Crippen LogP contribution is 2.33. The Bertz CT molecular complexity index is 386. The van der Waals surface area contributed by atoms with Crippen LogP contribution in [0.3, 0.4) is 0 Å². The van der Waals surface area contributed by atoms with Gasteiger partial charge >= 0.3 is 0 Å². The Kier molecular flexibility index (Phi) is 4.19. The summed E-state index contributed by atoms with van der Waals surface area (Å²) in [7, 11) is 0. The fourth-order valence-corrected chi connectivity index (χ4v) is 3.68. The average Bonchev–Trinajstić information content (AvgIpc) is 3.02. The van der Waals surface area contributed by atoms with Crippen molar-refractivity contribution in [2.24, 2.45) is 5.73 Å². The molecule has 3 rings (SSSR count).